The lowest BCUT2D eigenvalue weighted by Gasteiger charge is -2.35. The van der Waals surface area contributed by atoms with Crippen molar-refractivity contribution in [1.82, 2.24) is 0 Å². The largest absolute Gasteiger partial charge is 0.385 e. The lowest BCUT2D eigenvalue weighted by molar-refractivity contribution is 0.126. The molecule has 1 heterocycles. The van der Waals surface area contributed by atoms with Gasteiger partial charge >= 0.3 is 0 Å². The fraction of sp³-hybridized carbons (Fsp3) is 1.00. The molecule has 3 nitrogen and oxygen atoms in total. The van der Waals surface area contributed by atoms with E-state index in [9.17, 15) is 8.42 Å². The molecular formula is C10H18Cl2O3S. The van der Waals surface area contributed by atoms with Crippen LogP contribution in [0, 0.1) is 11.3 Å². The average Bonchev–Trinajstić information content (AvgIpc) is 2.62. The van der Waals surface area contributed by atoms with Crippen molar-refractivity contribution in [3.8, 4) is 0 Å². The van der Waals surface area contributed by atoms with Crippen LogP contribution >= 0.6 is 23.2 Å². The first-order valence-electron chi connectivity index (χ1n) is 5.31. The molecular weight excluding hydrogens is 271 g/mol. The summed E-state index contributed by atoms with van der Waals surface area (Å²) in [7, 11) is -1.26. The Kier molecular flexibility index (Phi) is 5.36. The summed E-state index contributed by atoms with van der Waals surface area (Å²) in [6.45, 7) is 0.565. The summed E-state index contributed by atoms with van der Waals surface area (Å²) >= 11 is 12.0. The number of sulfone groups is 1. The van der Waals surface area contributed by atoms with Crippen LogP contribution in [0.25, 0.3) is 0 Å². The standard InChI is InChI=1S/C10H18Cl2O3S/c1-15-4-3-10(7-11,8-12)9-2-5-16(13,14)6-9/h9H,2-8H2,1H3. The third-order valence-electron chi connectivity index (χ3n) is 3.43. The number of alkyl halides is 2. The Morgan fingerprint density at radius 1 is 1.38 bits per heavy atom. The quantitative estimate of drug-likeness (QED) is 0.702. The minimum atomic E-state index is -2.88. The van der Waals surface area contributed by atoms with Gasteiger partial charge in [-0.2, -0.15) is 0 Å². The van der Waals surface area contributed by atoms with Crippen molar-refractivity contribution in [2.75, 3.05) is 37.0 Å². The zero-order chi connectivity index (χ0) is 12.2. The van der Waals surface area contributed by atoms with Crippen LogP contribution in [0.5, 0.6) is 0 Å². The molecule has 1 rings (SSSR count). The zero-order valence-corrected chi connectivity index (χ0v) is 11.7. The molecule has 0 aromatic rings. The molecule has 0 aromatic carbocycles. The summed E-state index contributed by atoms with van der Waals surface area (Å²) in [4.78, 5) is 0. The van der Waals surface area contributed by atoms with E-state index in [-0.39, 0.29) is 22.8 Å². The molecule has 0 bridgehead atoms. The molecule has 6 heteroatoms. The Balaban J connectivity index is 2.77. The SMILES string of the molecule is COCCC(CCl)(CCl)C1CCS(=O)(=O)C1. The molecule has 96 valence electrons. The maximum absolute atomic E-state index is 11.5. The van der Waals surface area contributed by atoms with Gasteiger partial charge in [0.15, 0.2) is 9.84 Å². The highest BCUT2D eigenvalue weighted by molar-refractivity contribution is 7.91. The molecule has 0 radical (unpaired) electrons. The van der Waals surface area contributed by atoms with Crippen molar-refractivity contribution in [1.29, 1.82) is 0 Å². The van der Waals surface area contributed by atoms with Crippen molar-refractivity contribution in [2.24, 2.45) is 11.3 Å². The van der Waals surface area contributed by atoms with Crippen LogP contribution in [0.15, 0.2) is 0 Å². The van der Waals surface area contributed by atoms with Gasteiger partial charge in [0, 0.05) is 30.9 Å². The summed E-state index contributed by atoms with van der Waals surface area (Å²) in [5.41, 5.74) is -0.303. The molecule has 16 heavy (non-hydrogen) atoms. The van der Waals surface area contributed by atoms with Crippen LogP contribution in [0.4, 0.5) is 0 Å². The Labute approximate surface area is 107 Å². The number of halogens is 2. The summed E-state index contributed by atoms with van der Waals surface area (Å²) in [5, 5.41) is 0. The molecule has 1 aliphatic heterocycles. The van der Waals surface area contributed by atoms with Crippen molar-refractivity contribution in [3.05, 3.63) is 0 Å². The second-order valence-electron chi connectivity index (χ2n) is 4.47. The van der Waals surface area contributed by atoms with Crippen molar-refractivity contribution in [2.45, 2.75) is 12.8 Å². The third kappa shape index (κ3) is 3.25. The predicted molar refractivity (Wildman–Crippen MR) is 67.1 cm³/mol. The summed E-state index contributed by atoms with van der Waals surface area (Å²) in [6.07, 6.45) is 1.39. The van der Waals surface area contributed by atoms with E-state index in [4.69, 9.17) is 27.9 Å². The van der Waals surface area contributed by atoms with Gasteiger partial charge in [-0.05, 0) is 18.8 Å². The first-order chi connectivity index (χ1) is 7.49. The maximum atomic E-state index is 11.5. The van der Waals surface area contributed by atoms with Crippen LogP contribution in [-0.2, 0) is 14.6 Å². The number of hydrogen-bond acceptors (Lipinski definition) is 3. The Morgan fingerprint density at radius 2 is 2.00 bits per heavy atom. The third-order valence-corrected chi connectivity index (χ3v) is 6.27. The van der Waals surface area contributed by atoms with E-state index in [1.54, 1.807) is 7.11 Å². The van der Waals surface area contributed by atoms with E-state index < -0.39 is 9.84 Å². The van der Waals surface area contributed by atoms with Crippen LogP contribution in [0.3, 0.4) is 0 Å². The van der Waals surface area contributed by atoms with Gasteiger partial charge < -0.3 is 4.74 Å². The molecule has 0 aromatic heterocycles. The molecule has 1 saturated heterocycles. The fourth-order valence-corrected chi connectivity index (χ4v) is 5.11. The van der Waals surface area contributed by atoms with Gasteiger partial charge in [0.25, 0.3) is 0 Å². The molecule has 0 aliphatic carbocycles. The van der Waals surface area contributed by atoms with Crippen LogP contribution in [-0.4, -0.2) is 45.4 Å². The highest BCUT2D eigenvalue weighted by atomic mass is 35.5. The van der Waals surface area contributed by atoms with E-state index in [2.05, 4.69) is 0 Å². The average molecular weight is 289 g/mol. The first-order valence-corrected chi connectivity index (χ1v) is 8.20. The summed E-state index contributed by atoms with van der Waals surface area (Å²) in [5.74, 6) is 1.33. The second kappa shape index (κ2) is 5.89. The van der Waals surface area contributed by atoms with Crippen molar-refractivity contribution in [3.63, 3.8) is 0 Å². The predicted octanol–water partition coefficient (Wildman–Crippen LogP) is 1.92. The van der Waals surface area contributed by atoms with E-state index in [0.29, 0.717) is 24.8 Å². The van der Waals surface area contributed by atoms with Gasteiger partial charge in [-0.1, -0.05) is 0 Å². The van der Waals surface area contributed by atoms with Gasteiger partial charge in [-0.3, -0.25) is 0 Å². The molecule has 1 aliphatic rings. The zero-order valence-electron chi connectivity index (χ0n) is 9.42. The molecule has 0 saturated carbocycles. The highest BCUT2D eigenvalue weighted by Crippen LogP contribution is 2.41. The Hall–Kier alpha value is 0.490. The first kappa shape index (κ1) is 14.6. The van der Waals surface area contributed by atoms with Crippen molar-refractivity contribution < 1.29 is 13.2 Å². The number of hydrogen-bond donors (Lipinski definition) is 0. The highest BCUT2D eigenvalue weighted by Gasteiger charge is 2.43. The van der Waals surface area contributed by atoms with Crippen LogP contribution in [0.2, 0.25) is 0 Å². The molecule has 0 N–H and O–H groups in total. The maximum Gasteiger partial charge on any atom is 0.150 e. The monoisotopic (exact) mass is 288 g/mol. The number of rotatable bonds is 6. The van der Waals surface area contributed by atoms with Gasteiger partial charge in [0.2, 0.25) is 0 Å². The topological polar surface area (TPSA) is 43.4 Å². The van der Waals surface area contributed by atoms with Crippen molar-refractivity contribution >= 4 is 33.0 Å². The summed E-state index contributed by atoms with van der Waals surface area (Å²) in [6, 6.07) is 0. The van der Waals surface area contributed by atoms with E-state index >= 15 is 0 Å². The minimum absolute atomic E-state index is 0.0719. The van der Waals surface area contributed by atoms with Gasteiger partial charge in [-0.25, -0.2) is 8.42 Å². The normalized spacial score (nSPS) is 24.8. The Morgan fingerprint density at radius 3 is 2.38 bits per heavy atom. The second-order valence-corrected chi connectivity index (χ2v) is 7.24. The van der Waals surface area contributed by atoms with Crippen LogP contribution < -0.4 is 0 Å². The van der Waals surface area contributed by atoms with E-state index in [0.717, 1.165) is 6.42 Å². The molecule has 1 unspecified atom stereocenters. The lowest BCUT2D eigenvalue weighted by atomic mass is 9.76. The van der Waals surface area contributed by atoms with Gasteiger partial charge in [-0.15, -0.1) is 23.2 Å². The lowest BCUT2D eigenvalue weighted by Crippen LogP contribution is -2.36. The summed E-state index contributed by atoms with van der Waals surface area (Å²) < 4.78 is 28.0. The van der Waals surface area contributed by atoms with Gasteiger partial charge in [0.05, 0.1) is 11.5 Å². The smallest absolute Gasteiger partial charge is 0.150 e. The molecule has 1 fully saturated rings. The Bertz CT molecular complexity index is 312. The molecule has 0 spiro atoms. The molecule has 1 atom stereocenters. The van der Waals surface area contributed by atoms with Gasteiger partial charge in [0.1, 0.15) is 0 Å². The minimum Gasteiger partial charge on any atom is -0.385 e. The molecule has 0 amide bonds. The number of methoxy groups -OCH3 is 1. The number of ether oxygens (including phenoxy) is 1. The van der Waals surface area contributed by atoms with E-state index in [1.165, 1.54) is 0 Å². The van der Waals surface area contributed by atoms with Crippen LogP contribution in [0.1, 0.15) is 12.8 Å². The van der Waals surface area contributed by atoms with E-state index in [1.807, 2.05) is 0 Å². The fourth-order valence-electron chi connectivity index (χ4n) is 2.17.